The Bertz CT molecular complexity index is 666. The number of likely N-dealkylation sites (N-methyl/N-ethyl adjacent to an activating group) is 2. The fraction of sp³-hybridized carbons (Fsp3) is 0.792. The molecule has 0 aromatic heterocycles. The number of piperidine rings is 1. The molecule has 2 amide bonds. The summed E-state index contributed by atoms with van der Waals surface area (Å²) >= 11 is 0. The Morgan fingerprint density at radius 1 is 1.23 bits per heavy atom. The molecule has 1 fully saturated rings. The summed E-state index contributed by atoms with van der Waals surface area (Å²) in [5.74, 6) is -0.553. The summed E-state index contributed by atoms with van der Waals surface area (Å²) < 4.78 is 5.08. The zero-order valence-electron chi connectivity index (χ0n) is 20.9. The van der Waals surface area contributed by atoms with E-state index in [9.17, 15) is 14.4 Å². The molecule has 1 heterocycles. The summed E-state index contributed by atoms with van der Waals surface area (Å²) in [6, 6.07) is -1.17. The van der Waals surface area contributed by atoms with Gasteiger partial charge in [0.25, 0.3) is 0 Å². The van der Waals surface area contributed by atoms with Gasteiger partial charge >= 0.3 is 5.97 Å². The molecule has 7 nitrogen and oxygen atoms in total. The lowest BCUT2D eigenvalue weighted by atomic mass is 9.84. The van der Waals surface area contributed by atoms with Crippen molar-refractivity contribution in [3.63, 3.8) is 0 Å². The molecule has 0 aliphatic carbocycles. The Balaban J connectivity index is 3.10. The second-order valence-electron chi connectivity index (χ2n) is 10.1. The number of nitrogens with one attached hydrogen (secondary N) is 1. The Morgan fingerprint density at radius 2 is 1.84 bits per heavy atom. The van der Waals surface area contributed by atoms with Crippen LogP contribution in [-0.2, 0) is 19.1 Å². The fourth-order valence-corrected chi connectivity index (χ4v) is 3.96. The highest BCUT2D eigenvalue weighted by Gasteiger charge is 2.39. The molecule has 1 saturated heterocycles. The highest BCUT2D eigenvalue weighted by atomic mass is 16.5. The van der Waals surface area contributed by atoms with Crippen LogP contribution in [0.3, 0.4) is 0 Å². The molecule has 0 unspecified atom stereocenters. The van der Waals surface area contributed by atoms with Gasteiger partial charge in [0, 0.05) is 12.6 Å². The van der Waals surface area contributed by atoms with Crippen molar-refractivity contribution in [2.24, 2.45) is 11.3 Å². The van der Waals surface area contributed by atoms with E-state index >= 15 is 0 Å². The smallest absolute Gasteiger partial charge is 0.333 e. The van der Waals surface area contributed by atoms with E-state index in [1.54, 1.807) is 31.9 Å². The first-order valence-corrected chi connectivity index (χ1v) is 11.4. The standard InChI is InChI=1S/C24H43N3O4/c1-10-31-23(30)17(4)15-19(16(2)3)27(9)22(29)20(24(5,6)7)25-21(28)18-13-11-12-14-26(18)8/h15-16,18-20H,10-14H2,1-9H3,(H,25,28)/t18-,19-,20-/m1/s1. The highest BCUT2D eigenvalue weighted by Crippen LogP contribution is 2.25. The molecule has 0 spiro atoms. The van der Waals surface area contributed by atoms with Crippen LogP contribution in [0.5, 0.6) is 0 Å². The molecule has 0 aromatic carbocycles. The van der Waals surface area contributed by atoms with Crippen molar-refractivity contribution in [2.75, 3.05) is 27.2 Å². The van der Waals surface area contributed by atoms with Crippen molar-refractivity contribution in [1.29, 1.82) is 0 Å². The van der Waals surface area contributed by atoms with Gasteiger partial charge in [-0.15, -0.1) is 0 Å². The minimum atomic E-state index is -0.669. The van der Waals surface area contributed by atoms with Crippen LogP contribution in [0.4, 0.5) is 0 Å². The van der Waals surface area contributed by atoms with Gasteiger partial charge in [0.1, 0.15) is 6.04 Å². The van der Waals surface area contributed by atoms with E-state index in [0.29, 0.717) is 12.2 Å². The van der Waals surface area contributed by atoms with Crippen molar-refractivity contribution in [2.45, 2.75) is 85.9 Å². The molecular formula is C24H43N3O4. The Kier molecular flexibility index (Phi) is 10.2. The number of amides is 2. The molecule has 1 N–H and O–H groups in total. The van der Waals surface area contributed by atoms with Crippen LogP contribution in [-0.4, -0.2) is 73.0 Å². The molecule has 1 aliphatic heterocycles. The maximum atomic E-state index is 13.6. The number of nitrogens with zero attached hydrogens (tertiary/aromatic N) is 2. The molecule has 7 heteroatoms. The van der Waals surface area contributed by atoms with Crippen molar-refractivity contribution < 1.29 is 19.1 Å². The topological polar surface area (TPSA) is 79.0 Å². The predicted molar refractivity (Wildman–Crippen MR) is 123 cm³/mol. The zero-order chi connectivity index (χ0) is 23.9. The monoisotopic (exact) mass is 437 g/mol. The quantitative estimate of drug-likeness (QED) is 0.466. The van der Waals surface area contributed by atoms with E-state index in [2.05, 4.69) is 10.2 Å². The van der Waals surface area contributed by atoms with Crippen LogP contribution in [0.25, 0.3) is 0 Å². The van der Waals surface area contributed by atoms with Gasteiger partial charge < -0.3 is 15.0 Å². The average Bonchev–Trinajstić information content (AvgIpc) is 2.68. The van der Waals surface area contributed by atoms with E-state index in [1.807, 2.05) is 41.7 Å². The summed E-state index contributed by atoms with van der Waals surface area (Å²) in [4.78, 5) is 42.4. The minimum absolute atomic E-state index is 0.0825. The van der Waals surface area contributed by atoms with Gasteiger partial charge in [-0.05, 0) is 51.6 Å². The Morgan fingerprint density at radius 3 is 2.32 bits per heavy atom. The number of likely N-dealkylation sites (tertiary alicyclic amines) is 1. The van der Waals surface area contributed by atoms with Crippen LogP contribution < -0.4 is 5.32 Å². The largest absolute Gasteiger partial charge is 0.463 e. The van der Waals surface area contributed by atoms with E-state index in [1.165, 1.54) is 0 Å². The minimum Gasteiger partial charge on any atom is -0.463 e. The first-order valence-electron chi connectivity index (χ1n) is 11.4. The summed E-state index contributed by atoms with van der Waals surface area (Å²) in [7, 11) is 3.70. The molecule has 0 bridgehead atoms. The second kappa shape index (κ2) is 11.7. The van der Waals surface area contributed by atoms with Crippen LogP contribution >= 0.6 is 0 Å². The molecule has 0 saturated carbocycles. The van der Waals surface area contributed by atoms with Gasteiger partial charge in [0.05, 0.1) is 18.7 Å². The van der Waals surface area contributed by atoms with Gasteiger partial charge in [-0.25, -0.2) is 4.79 Å². The van der Waals surface area contributed by atoms with Crippen molar-refractivity contribution >= 4 is 17.8 Å². The number of hydrogen-bond acceptors (Lipinski definition) is 5. The lowest BCUT2D eigenvalue weighted by Gasteiger charge is -2.39. The maximum absolute atomic E-state index is 13.6. The van der Waals surface area contributed by atoms with Crippen molar-refractivity contribution in [1.82, 2.24) is 15.1 Å². The Hall–Kier alpha value is -1.89. The van der Waals surface area contributed by atoms with Crippen molar-refractivity contribution in [3.05, 3.63) is 11.6 Å². The third-order valence-corrected chi connectivity index (χ3v) is 5.97. The molecular weight excluding hydrogens is 394 g/mol. The van der Waals surface area contributed by atoms with Gasteiger partial charge in [-0.2, -0.15) is 0 Å². The number of rotatable bonds is 8. The SMILES string of the molecule is CCOC(=O)C(C)=C[C@H](C(C)C)N(C)C(=O)[C@@H](NC(=O)[C@H]1CCCCN1C)C(C)(C)C. The summed E-state index contributed by atoms with van der Waals surface area (Å²) in [6.45, 7) is 14.5. The van der Waals surface area contributed by atoms with E-state index in [4.69, 9.17) is 4.74 Å². The molecule has 1 rings (SSSR count). The summed E-state index contributed by atoms with van der Waals surface area (Å²) in [5.41, 5.74) is 0.00994. The van der Waals surface area contributed by atoms with Crippen LogP contribution in [0.15, 0.2) is 11.6 Å². The number of carbonyl (C=O) groups excluding carboxylic acids is 3. The van der Waals surface area contributed by atoms with E-state index < -0.39 is 11.5 Å². The van der Waals surface area contributed by atoms with Gasteiger partial charge in [-0.1, -0.05) is 47.1 Å². The van der Waals surface area contributed by atoms with Crippen molar-refractivity contribution in [3.8, 4) is 0 Å². The average molecular weight is 438 g/mol. The number of carbonyl (C=O) groups is 3. The maximum Gasteiger partial charge on any atom is 0.333 e. The third kappa shape index (κ3) is 7.63. The van der Waals surface area contributed by atoms with Gasteiger partial charge in [0.2, 0.25) is 11.8 Å². The van der Waals surface area contributed by atoms with Gasteiger partial charge in [0.15, 0.2) is 0 Å². The summed E-state index contributed by atoms with van der Waals surface area (Å²) in [6.07, 6.45) is 4.70. The Labute approximate surface area is 188 Å². The highest BCUT2D eigenvalue weighted by molar-refractivity contribution is 5.91. The fourth-order valence-electron chi connectivity index (χ4n) is 3.96. The van der Waals surface area contributed by atoms with E-state index in [-0.39, 0.29) is 35.8 Å². The molecule has 178 valence electrons. The normalized spacial score (nSPS) is 20.2. The number of ether oxygens (including phenoxy) is 1. The number of esters is 1. The van der Waals surface area contributed by atoms with Crippen LogP contribution in [0, 0.1) is 11.3 Å². The van der Waals surface area contributed by atoms with Crippen LogP contribution in [0.2, 0.25) is 0 Å². The first-order chi connectivity index (χ1) is 14.3. The second-order valence-corrected chi connectivity index (χ2v) is 10.1. The zero-order valence-corrected chi connectivity index (χ0v) is 20.9. The third-order valence-electron chi connectivity index (χ3n) is 5.97. The molecule has 0 radical (unpaired) electrons. The molecule has 1 aliphatic rings. The van der Waals surface area contributed by atoms with E-state index in [0.717, 1.165) is 25.8 Å². The predicted octanol–water partition coefficient (Wildman–Crippen LogP) is 2.99. The lowest BCUT2D eigenvalue weighted by molar-refractivity contribution is -0.141. The molecule has 0 aromatic rings. The number of hydrogen-bond donors (Lipinski definition) is 1. The molecule has 31 heavy (non-hydrogen) atoms. The van der Waals surface area contributed by atoms with Gasteiger partial charge in [-0.3, -0.25) is 14.5 Å². The first kappa shape index (κ1) is 27.1. The summed E-state index contributed by atoms with van der Waals surface area (Å²) in [5, 5.41) is 3.04. The van der Waals surface area contributed by atoms with Crippen LogP contribution in [0.1, 0.15) is 67.7 Å². The molecule has 3 atom stereocenters. The lowest BCUT2D eigenvalue weighted by Crippen LogP contribution is -2.59.